The van der Waals surface area contributed by atoms with Crippen molar-refractivity contribution in [1.29, 1.82) is 0 Å². The number of carbonyl (C=O) groups is 1. The van der Waals surface area contributed by atoms with E-state index in [1.165, 1.54) is 19.3 Å². The molecule has 1 amide bonds. The molecule has 0 saturated heterocycles. The summed E-state index contributed by atoms with van der Waals surface area (Å²) in [6, 6.07) is 5.86. The Labute approximate surface area is 111 Å². The zero-order valence-electron chi connectivity index (χ0n) is 10.4. The van der Waals surface area contributed by atoms with Crippen molar-refractivity contribution in [3.8, 4) is 0 Å². The Morgan fingerprint density at radius 1 is 1.47 bits per heavy atom. The minimum absolute atomic E-state index is 0.135. The third-order valence-electron chi connectivity index (χ3n) is 3.53. The SMILES string of the molecule is Cc1ccc(Br)cc1C(=O)N(C)CC1CCC1. The first-order chi connectivity index (χ1) is 8.08. The maximum Gasteiger partial charge on any atom is 0.253 e. The highest BCUT2D eigenvalue weighted by atomic mass is 79.9. The second-order valence-electron chi connectivity index (χ2n) is 4.94. The van der Waals surface area contributed by atoms with Gasteiger partial charge in [0.05, 0.1) is 0 Å². The van der Waals surface area contributed by atoms with Gasteiger partial charge in [0.1, 0.15) is 0 Å². The molecule has 0 bridgehead atoms. The van der Waals surface area contributed by atoms with E-state index < -0.39 is 0 Å². The van der Waals surface area contributed by atoms with Crippen LogP contribution in [0.5, 0.6) is 0 Å². The van der Waals surface area contributed by atoms with E-state index in [9.17, 15) is 4.79 Å². The molecule has 0 aliphatic heterocycles. The number of aryl methyl sites for hydroxylation is 1. The van der Waals surface area contributed by atoms with Crippen LogP contribution in [0.2, 0.25) is 0 Å². The normalized spacial score (nSPS) is 15.5. The predicted octanol–water partition coefficient (Wildman–Crippen LogP) is 3.63. The van der Waals surface area contributed by atoms with Crippen LogP contribution in [-0.4, -0.2) is 24.4 Å². The number of amides is 1. The summed E-state index contributed by atoms with van der Waals surface area (Å²) in [7, 11) is 1.90. The first-order valence-electron chi connectivity index (χ1n) is 6.09. The summed E-state index contributed by atoms with van der Waals surface area (Å²) in [5.41, 5.74) is 1.85. The van der Waals surface area contributed by atoms with E-state index in [1.54, 1.807) is 0 Å². The van der Waals surface area contributed by atoms with Gasteiger partial charge in [-0.25, -0.2) is 0 Å². The monoisotopic (exact) mass is 295 g/mol. The lowest BCUT2D eigenvalue weighted by Gasteiger charge is -2.30. The quantitative estimate of drug-likeness (QED) is 0.834. The van der Waals surface area contributed by atoms with Gasteiger partial charge in [0.25, 0.3) is 5.91 Å². The van der Waals surface area contributed by atoms with E-state index in [4.69, 9.17) is 0 Å². The number of rotatable bonds is 3. The summed E-state index contributed by atoms with van der Waals surface area (Å²) in [6.07, 6.45) is 3.87. The fourth-order valence-electron chi connectivity index (χ4n) is 2.18. The molecule has 0 aromatic heterocycles. The topological polar surface area (TPSA) is 20.3 Å². The zero-order valence-corrected chi connectivity index (χ0v) is 12.0. The molecular weight excluding hydrogens is 278 g/mol. The van der Waals surface area contributed by atoms with Crippen LogP contribution in [0.1, 0.15) is 35.2 Å². The van der Waals surface area contributed by atoms with Crippen LogP contribution in [0.15, 0.2) is 22.7 Å². The molecular formula is C14H18BrNO. The molecule has 3 heteroatoms. The van der Waals surface area contributed by atoms with Gasteiger partial charge in [-0.2, -0.15) is 0 Å². The predicted molar refractivity (Wildman–Crippen MR) is 73.2 cm³/mol. The lowest BCUT2D eigenvalue weighted by molar-refractivity contribution is 0.0744. The van der Waals surface area contributed by atoms with Crippen LogP contribution >= 0.6 is 15.9 Å². The Hall–Kier alpha value is -0.830. The summed E-state index contributed by atoms with van der Waals surface area (Å²) >= 11 is 3.42. The van der Waals surface area contributed by atoms with E-state index in [0.717, 1.165) is 28.1 Å². The van der Waals surface area contributed by atoms with Crippen LogP contribution in [0, 0.1) is 12.8 Å². The van der Waals surface area contributed by atoms with Crippen molar-refractivity contribution in [1.82, 2.24) is 4.90 Å². The minimum atomic E-state index is 0.135. The second-order valence-corrected chi connectivity index (χ2v) is 5.86. The van der Waals surface area contributed by atoms with Crippen molar-refractivity contribution in [2.75, 3.05) is 13.6 Å². The molecule has 1 saturated carbocycles. The van der Waals surface area contributed by atoms with Gasteiger partial charge in [0.15, 0.2) is 0 Å². The fraction of sp³-hybridized carbons (Fsp3) is 0.500. The van der Waals surface area contributed by atoms with Crippen molar-refractivity contribution in [2.45, 2.75) is 26.2 Å². The van der Waals surface area contributed by atoms with Gasteiger partial charge in [-0.05, 0) is 43.4 Å². The van der Waals surface area contributed by atoms with Crippen molar-refractivity contribution < 1.29 is 4.79 Å². The molecule has 1 fully saturated rings. The second kappa shape index (κ2) is 5.21. The molecule has 2 nitrogen and oxygen atoms in total. The van der Waals surface area contributed by atoms with Crippen molar-refractivity contribution in [2.24, 2.45) is 5.92 Å². The number of nitrogens with zero attached hydrogens (tertiary/aromatic N) is 1. The molecule has 0 N–H and O–H groups in total. The number of benzene rings is 1. The standard InChI is InChI=1S/C14H18BrNO/c1-10-6-7-12(15)8-13(10)14(17)16(2)9-11-4-3-5-11/h6-8,11H,3-5,9H2,1-2H3. The molecule has 2 rings (SSSR count). The lowest BCUT2D eigenvalue weighted by Crippen LogP contribution is -2.34. The molecule has 0 spiro atoms. The third-order valence-corrected chi connectivity index (χ3v) is 4.03. The highest BCUT2D eigenvalue weighted by Gasteiger charge is 2.22. The molecule has 0 heterocycles. The molecule has 1 aliphatic carbocycles. The van der Waals surface area contributed by atoms with E-state index in [-0.39, 0.29) is 5.91 Å². The highest BCUT2D eigenvalue weighted by Crippen LogP contribution is 2.27. The number of hydrogen-bond acceptors (Lipinski definition) is 1. The maximum absolute atomic E-state index is 12.3. The van der Waals surface area contributed by atoms with Crippen molar-refractivity contribution in [3.63, 3.8) is 0 Å². The van der Waals surface area contributed by atoms with Gasteiger partial charge in [0, 0.05) is 23.6 Å². The molecule has 0 atom stereocenters. The summed E-state index contributed by atoms with van der Waals surface area (Å²) in [4.78, 5) is 14.2. The highest BCUT2D eigenvalue weighted by molar-refractivity contribution is 9.10. The van der Waals surface area contributed by atoms with Crippen molar-refractivity contribution >= 4 is 21.8 Å². The maximum atomic E-state index is 12.3. The summed E-state index contributed by atoms with van der Waals surface area (Å²) in [6.45, 7) is 2.88. The molecule has 92 valence electrons. The first-order valence-corrected chi connectivity index (χ1v) is 6.89. The summed E-state index contributed by atoms with van der Waals surface area (Å²) in [5, 5.41) is 0. The molecule has 1 aromatic carbocycles. The molecule has 17 heavy (non-hydrogen) atoms. The van der Waals surface area contributed by atoms with Gasteiger partial charge in [-0.1, -0.05) is 28.4 Å². The van der Waals surface area contributed by atoms with E-state index in [1.807, 2.05) is 37.1 Å². The Kier molecular flexibility index (Phi) is 3.87. The van der Waals surface area contributed by atoms with Crippen LogP contribution in [0.4, 0.5) is 0 Å². The van der Waals surface area contributed by atoms with Gasteiger partial charge >= 0.3 is 0 Å². The molecule has 1 aliphatic rings. The van der Waals surface area contributed by atoms with Crippen LogP contribution in [-0.2, 0) is 0 Å². The minimum Gasteiger partial charge on any atom is -0.341 e. The van der Waals surface area contributed by atoms with Gasteiger partial charge in [0.2, 0.25) is 0 Å². The van der Waals surface area contributed by atoms with E-state index in [2.05, 4.69) is 15.9 Å². The number of carbonyl (C=O) groups excluding carboxylic acids is 1. The van der Waals surface area contributed by atoms with Gasteiger partial charge in [-0.15, -0.1) is 0 Å². The first kappa shape index (κ1) is 12.6. The van der Waals surface area contributed by atoms with Gasteiger partial charge in [-0.3, -0.25) is 4.79 Å². The van der Waals surface area contributed by atoms with Crippen LogP contribution in [0.25, 0.3) is 0 Å². The number of hydrogen-bond donors (Lipinski definition) is 0. The Balaban J connectivity index is 2.09. The van der Waals surface area contributed by atoms with E-state index >= 15 is 0 Å². The molecule has 0 radical (unpaired) electrons. The molecule has 1 aromatic rings. The largest absolute Gasteiger partial charge is 0.341 e. The number of halogens is 1. The molecule has 0 unspecified atom stereocenters. The average Bonchev–Trinajstić information content (AvgIpc) is 2.25. The Bertz CT molecular complexity index is 426. The summed E-state index contributed by atoms with van der Waals surface area (Å²) < 4.78 is 0.962. The zero-order chi connectivity index (χ0) is 12.4. The van der Waals surface area contributed by atoms with E-state index in [0.29, 0.717) is 0 Å². The summed E-state index contributed by atoms with van der Waals surface area (Å²) in [5.74, 6) is 0.854. The van der Waals surface area contributed by atoms with Crippen LogP contribution < -0.4 is 0 Å². The Morgan fingerprint density at radius 3 is 2.76 bits per heavy atom. The van der Waals surface area contributed by atoms with Gasteiger partial charge < -0.3 is 4.90 Å². The van der Waals surface area contributed by atoms with Crippen LogP contribution in [0.3, 0.4) is 0 Å². The van der Waals surface area contributed by atoms with Crippen molar-refractivity contribution in [3.05, 3.63) is 33.8 Å². The fourth-order valence-corrected chi connectivity index (χ4v) is 2.54. The Morgan fingerprint density at radius 2 is 2.18 bits per heavy atom. The lowest BCUT2D eigenvalue weighted by atomic mass is 9.85. The smallest absolute Gasteiger partial charge is 0.253 e. The average molecular weight is 296 g/mol. The third kappa shape index (κ3) is 2.89.